The first kappa shape index (κ1) is 18.8. The molecule has 152 valence electrons. The summed E-state index contributed by atoms with van der Waals surface area (Å²) >= 11 is 0. The van der Waals surface area contributed by atoms with Gasteiger partial charge in [-0.1, -0.05) is 30.3 Å². The van der Waals surface area contributed by atoms with Gasteiger partial charge in [0.15, 0.2) is 11.6 Å². The highest BCUT2D eigenvalue weighted by molar-refractivity contribution is 6.01. The molecular formula is C25H25N3O2. The van der Waals surface area contributed by atoms with Crippen molar-refractivity contribution in [2.75, 3.05) is 5.32 Å². The molecule has 30 heavy (non-hydrogen) atoms. The van der Waals surface area contributed by atoms with E-state index in [4.69, 9.17) is 14.7 Å². The molecule has 0 saturated heterocycles. The Bertz CT molecular complexity index is 1120. The lowest BCUT2D eigenvalue weighted by Gasteiger charge is -2.31. The van der Waals surface area contributed by atoms with Crippen molar-refractivity contribution in [3.8, 4) is 17.1 Å². The molecule has 0 fully saturated rings. The van der Waals surface area contributed by atoms with E-state index >= 15 is 0 Å². The molecular weight excluding hydrogens is 374 g/mol. The van der Waals surface area contributed by atoms with Crippen molar-refractivity contribution < 1.29 is 9.53 Å². The Balaban J connectivity index is 1.53. The number of ether oxygens (including phenoxy) is 1. The van der Waals surface area contributed by atoms with Gasteiger partial charge in [-0.25, -0.2) is 9.97 Å². The molecule has 0 unspecified atom stereocenters. The van der Waals surface area contributed by atoms with E-state index < -0.39 is 5.60 Å². The zero-order valence-electron chi connectivity index (χ0n) is 17.4. The van der Waals surface area contributed by atoms with Crippen LogP contribution in [-0.2, 0) is 12.8 Å². The van der Waals surface area contributed by atoms with Gasteiger partial charge in [-0.2, -0.15) is 0 Å². The molecule has 2 aromatic carbocycles. The second-order valence-electron chi connectivity index (χ2n) is 8.69. The standard InChI is InChI=1S/C25H25N3O2/c1-25(2)15-21(29)19-14-17(12-13-22(19)30-25)26-24-18-10-6-7-11-20(18)27-23(28-24)16-8-4-3-5-9-16/h3-5,8-9,12-14H,6-7,10-11,15H2,1-2H3,(H,26,27,28). The van der Waals surface area contributed by atoms with Crippen LogP contribution in [0.25, 0.3) is 11.4 Å². The summed E-state index contributed by atoms with van der Waals surface area (Å²) in [5.41, 5.74) is 4.32. The number of Topliss-reactive ketones (excluding diaryl/α,β-unsaturated/α-hetero) is 1. The van der Waals surface area contributed by atoms with Crippen LogP contribution in [0.3, 0.4) is 0 Å². The van der Waals surface area contributed by atoms with Gasteiger partial charge in [0.25, 0.3) is 0 Å². The average Bonchev–Trinajstić information content (AvgIpc) is 2.74. The second-order valence-corrected chi connectivity index (χ2v) is 8.69. The smallest absolute Gasteiger partial charge is 0.170 e. The van der Waals surface area contributed by atoms with E-state index in [1.807, 2.05) is 62.4 Å². The lowest BCUT2D eigenvalue weighted by atomic mass is 9.93. The maximum absolute atomic E-state index is 12.6. The molecule has 0 spiro atoms. The zero-order valence-corrected chi connectivity index (χ0v) is 17.4. The van der Waals surface area contributed by atoms with Crippen molar-refractivity contribution in [1.29, 1.82) is 0 Å². The molecule has 0 saturated carbocycles. The summed E-state index contributed by atoms with van der Waals surface area (Å²) in [6.45, 7) is 3.89. The van der Waals surface area contributed by atoms with E-state index in [1.165, 1.54) is 5.56 Å². The van der Waals surface area contributed by atoms with E-state index in [0.29, 0.717) is 17.7 Å². The van der Waals surface area contributed by atoms with E-state index in [2.05, 4.69) is 5.32 Å². The number of rotatable bonds is 3. The Morgan fingerprint density at radius 3 is 2.63 bits per heavy atom. The van der Waals surface area contributed by atoms with Crippen molar-refractivity contribution >= 4 is 17.3 Å². The van der Waals surface area contributed by atoms with Gasteiger partial charge in [0.1, 0.15) is 17.2 Å². The summed E-state index contributed by atoms with van der Waals surface area (Å²) in [6, 6.07) is 15.8. The molecule has 5 nitrogen and oxygen atoms in total. The summed E-state index contributed by atoms with van der Waals surface area (Å²) in [6.07, 6.45) is 4.61. The molecule has 2 heterocycles. The number of fused-ring (bicyclic) bond motifs is 2. The van der Waals surface area contributed by atoms with Crippen LogP contribution >= 0.6 is 0 Å². The molecule has 1 aliphatic carbocycles. The number of aromatic nitrogens is 2. The highest BCUT2D eigenvalue weighted by Gasteiger charge is 2.32. The van der Waals surface area contributed by atoms with E-state index in [1.54, 1.807) is 0 Å². The largest absolute Gasteiger partial charge is 0.487 e. The molecule has 5 heteroatoms. The zero-order chi connectivity index (χ0) is 20.7. The molecule has 0 atom stereocenters. The summed E-state index contributed by atoms with van der Waals surface area (Å²) in [5, 5.41) is 3.47. The maximum atomic E-state index is 12.6. The van der Waals surface area contributed by atoms with Crippen molar-refractivity contribution in [1.82, 2.24) is 9.97 Å². The van der Waals surface area contributed by atoms with Crippen LogP contribution in [0.5, 0.6) is 5.75 Å². The number of anilines is 2. The summed E-state index contributed by atoms with van der Waals surface area (Å²) in [4.78, 5) is 22.4. The van der Waals surface area contributed by atoms with Crippen molar-refractivity contribution in [2.45, 2.75) is 51.6 Å². The minimum absolute atomic E-state index is 0.111. The quantitative estimate of drug-likeness (QED) is 0.629. The molecule has 1 N–H and O–H groups in total. The molecule has 5 rings (SSSR count). The predicted molar refractivity (Wildman–Crippen MR) is 117 cm³/mol. The minimum atomic E-state index is -0.463. The number of hydrogen-bond donors (Lipinski definition) is 1. The lowest BCUT2D eigenvalue weighted by molar-refractivity contribution is 0.0620. The van der Waals surface area contributed by atoms with Crippen molar-refractivity contribution in [2.24, 2.45) is 0 Å². The molecule has 2 aliphatic rings. The van der Waals surface area contributed by atoms with Crippen LogP contribution in [0.4, 0.5) is 11.5 Å². The number of carbonyl (C=O) groups is 1. The Kier molecular flexibility index (Phi) is 4.54. The molecule has 0 bridgehead atoms. The number of ketones is 1. The Morgan fingerprint density at radius 1 is 1.00 bits per heavy atom. The van der Waals surface area contributed by atoms with E-state index in [-0.39, 0.29) is 5.78 Å². The monoisotopic (exact) mass is 399 g/mol. The topological polar surface area (TPSA) is 64.1 Å². The number of carbonyl (C=O) groups excluding carboxylic acids is 1. The van der Waals surface area contributed by atoms with Crippen LogP contribution in [0.15, 0.2) is 48.5 Å². The number of aryl methyl sites for hydroxylation is 1. The third-order valence-corrected chi connectivity index (χ3v) is 5.73. The first-order valence-electron chi connectivity index (χ1n) is 10.6. The maximum Gasteiger partial charge on any atom is 0.170 e. The first-order valence-corrected chi connectivity index (χ1v) is 10.6. The third kappa shape index (κ3) is 3.56. The van der Waals surface area contributed by atoms with Crippen molar-refractivity contribution in [3.05, 3.63) is 65.4 Å². The number of benzene rings is 2. The van der Waals surface area contributed by atoms with Crippen LogP contribution in [0.1, 0.15) is 54.7 Å². The second kappa shape index (κ2) is 7.24. The number of nitrogens with one attached hydrogen (secondary N) is 1. The Morgan fingerprint density at radius 2 is 1.80 bits per heavy atom. The van der Waals surface area contributed by atoms with E-state index in [0.717, 1.165) is 54.3 Å². The summed E-state index contributed by atoms with van der Waals surface area (Å²) < 4.78 is 5.99. The van der Waals surface area contributed by atoms with E-state index in [9.17, 15) is 4.79 Å². The fraction of sp³-hybridized carbons (Fsp3) is 0.320. The minimum Gasteiger partial charge on any atom is -0.487 e. The van der Waals surface area contributed by atoms with Gasteiger partial charge >= 0.3 is 0 Å². The highest BCUT2D eigenvalue weighted by atomic mass is 16.5. The fourth-order valence-electron chi connectivity index (χ4n) is 4.28. The highest BCUT2D eigenvalue weighted by Crippen LogP contribution is 2.36. The van der Waals surface area contributed by atoms with Gasteiger partial charge in [-0.3, -0.25) is 4.79 Å². The molecule has 1 aromatic heterocycles. The van der Waals surface area contributed by atoms with Gasteiger partial charge in [0, 0.05) is 22.5 Å². The SMILES string of the molecule is CC1(C)CC(=O)c2cc(Nc3nc(-c4ccccc4)nc4c3CCCC4)ccc2O1. The van der Waals surface area contributed by atoms with Crippen LogP contribution in [0, 0.1) is 0 Å². The van der Waals surface area contributed by atoms with Gasteiger partial charge in [-0.05, 0) is 57.7 Å². The fourth-order valence-corrected chi connectivity index (χ4v) is 4.28. The van der Waals surface area contributed by atoms with Gasteiger partial charge in [-0.15, -0.1) is 0 Å². The molecule has 3 aromatic rings. The van der Waals surface area contributed by atoms with Gasteiger partial charge in [0.2, 0.25) is 0 Å². The lowest BCUT2D eigenvalue weighted by Crippen LogP contribution is -2.35. The van der Waals surface area contributed by atoms with Crippen LogP contribution < -0.4 is 10.1 Å². The third-order valence-electron chi connectivity index (χ3n) is 5.73. The Labute approximate surface area is 176 Å². The number of nitrogens with zero attached hydrogens (tertiary/aromatic N) is 2. The van der Waals surface area contributed by atoms with Gasteiger partial charge in [0.05, 0.1) is 12.0 Å². The normalized spacial score (nSPS) is 16.9. The van der Waals surface area contributed by atoms with Gasteiger partial charge < -0.3 is 10.1 Å². The van der Waals surface area contributed by atoms with Crippen molar-refractivity contribution in [3.63, 3.8) is 0 Å². The molecule has 0 radical (unpaired) electrons. The predicted octanol–water partition coefficient (Wildman–Crippen LogP) is 5.51. The van der Waals surface area contributed by atoms with Crippen LogP contribution in [-0.4, -0.2) is 21.4 Å². The number of hydrogen-bond acceptors (Lipinski definition) is 5. The average molecular weight is 399 g/mol. The Hall–Kier alpha value is -3.21. The first-order chi connectivity index (χ1) is 14.5. The summed E-state index contributed by atoms with van der Waals surface area (Å²) in [5.74, 6) is 2.33. The van der Waals surface area contributed by atoms with Crippen LogP contribution in [0.2, 0.25) is 0 Å². The molecule has 1 aliphatic heterocycles. The summed E-state index contributed by atoms with van der Waals surface area (Å²) in [7, 11) is 0. The molecule has 0 amide bonds.